The maximum absolute atomic E-state index is 13.9. The molecule has 2 aromatic carbocycles. The van der Waals surface area contributed by atoms with E-state index in [-0.39, 0.29) is 47.5 Å². The molecule has 318 valence electrons. The van der Waals surface area contributed by atoms with Crippen molar-refractivity contribution in [2.24, 2.45) is 0 Å². The summed E-state index contributed by atoms with van der Waals surface area (Å²) in [6.07, 6.45) is -11.9. The van der Waals surface area contributed by atoms with Crippen molar-refractivity contribution < 1.29 is 88.8 Å². The Labute approximate surface area is 331 Å². The van der Waals surface area contributed by atoms with Gasteiger partial charge in [0.25, 0.3) is 0 Å². The number of aromatic hydroxyl groups is 2. The number of carbonyl (C=O) groups excluding carboxylic acids is 4. The Hall–Kier alpha value is -4.12. The molecule has 0 aromatic heterocycles. The first-order valence-electron chi connectivity index (χ1n) is 19.0. The van der Waals surface area contributed by atoms with E-state index in [1.165, 1.54) is 32.2 Å². The second kappa shape index (κ2) is 17.6. The number of Topliss-reactive ketones (excluding diaryl/α,β-unsaturated/α-hetero) is 1. The van der Waals surface area contributed by atoms with Crippen LogP contribution in [0.1, 0.15) is 94.5 Å². The van der Waals surface area contributed by atoms with Crippen molar-refractivity contribution in [1.29, 1.82) is 0 Å². The molecular formula is C39H49NO18. The van der Waals surface area contributed by atoms with E-state index in [0.717, 1.165) is 0 Å². The summed E-state index contributed by atoms with van der Waals surface area (Å²) in [5.74, 6) is -4.59. The molecule has 0 bridgehead atoms. The zero-order valence-electron chi connectivity index (χ0n) is 31.8. The highest BCUT2D eigenvalue weighted by Crippen LogP contribution is 2.52. The molecule has 2 aliphatic carbocycles. The van der Waals surface area contributed by atoms with Gasteiger partial charge in [-0.2, -0.15) is 0 Å². The molecule has 10 N–H and O–H groups in total. The van der Waals surface area contributed by atoms with Crippen molar-refractivity contribution >= 4 is 23.3 Å². The molecule has 2 fully saturated rings. The summed E-state index contributed by atoms with van der Waals surface area (Å²) in [7, 11) is 1.30. The van der Waals surface area contributed by atoms with E-state index in [4.69, 9.17) is 23.7 Å². The third-order valence-corrected chi connectivity index (χ3v) is 11.3. The van der Waals surface area contributed by atoms with Gasteiger partial charge in [-0.1, -0.05) is 18.6 Å². The number of phenols is 2. The summed E-state index contributed by atoms with van der Waals surface area (Å²) in [5.41, 5.74) is -4.16. The fourth-order valence-corrected chi connectivity index (χ4v) is 8.11. The number of aliphatic hydroxyl groups is 7. The number of hydrogen-bond donors (Lipinski definition) is 10. The van der Waals surface area contributed by atoms with Gasteiger partial charge in [0.1, 0.15) is 60.0 Å². The Morgan fingerprint density at radius 1 is 0.914 bits per heavy atom. The summed E-state index contributed by atoms with van der Waals surface area (Å²) in [6.45, 7) is -0.0948. The van der Waals surface area contributed by atoms with E-state index in [9.17, 15) is 65.1 Å². The molecule has 11 atom stereocenters. The minimum absolute atomic E-state index is 0.0370. The van der Waals surface area contributed by atoms with Gasteiger partial charge in [0.05, 0.1) is 48.7 Å². The molecule has 6 rings (SSSR count). The summed E-state index contributed by atoms with van der Waals surface area (Å²) in [4.78, 5) is 53.6. The van der Waals surface area contributed by atoms with Crippen molar-refractivity contribution in [3.63, 3.8) is 0 Å². The number of fused-ring (bicyclic) bond motifs is 3. The Morgan fingerprint density at radius 3 is 2.33 bits per heavy atom. The third kappa shape index (κ3) is 8.09. The van der Waals surface area contributed by atoms with E-state index < -0.39 is 139 Å². The standard InChI is InChI=1S/C39H49NO18/c1-16-30(45)19(40-24(44)9-4-3-5-10-55-38-37(52)36(51)33(48)22(14-41)58-38)11-25(56-16)57-21-13-39(53,23(43)15-42)12-18-27(21)35(50)29-28(32(18)47)31(46)17-7-6-8-20(54-2)26(17)34(29)49/h6-8,16,19,21-22,25,30,33,36-38,41-42,45,47-48,50-53H,3-5,9-15H2,1-2H3,(H,40,44)/t16-,19-,21-,22+,25-,30+,33-,36-,37+,38+,39-/m0/s1. The fraction of sp³-hybridized carbons (Fsp3) is 0.590. The van der Waals surface area contributed by atoms with Crippen LogP contribution in [0.15, 0.2) is 18.2 Å². The molecule has 2 aliphatic heterocycles. The summed E-state index contributed by atoms with van der Waals surface area (Å²) < 4.78 is 28.2. The number of hydrogen-bond acceptors (Lipinski definition) is 18. The molecule has 2 heterocycles. The normalized spacial score (nSPS) is 31.9. The average molecular weight is 820 g/mol. The molecule has 19 heteroatoms. The molecule has 0 spiro atoms. The lowest BCUT2D eigenvalue weighted by atomic mass is 9.72. The molecular weight excluding hydrogens is 770 g/mol. The van der Waals surface area contributed by atoms with Gasteiger partial charge >= 0.3 is 0 Å². The van der Waals surface area contributed by atoms with Crippen molar-refractivity contribution in [1.82, 2.24) is 5.32 Å². The summed E-state index contributed by atoms with van der Waals surface area (Å²) in [5, 5.41) is 97.6. The number of rotatable bonds is 14. The van der Waals surface area contributed by atoms with Crippen LogP contribution < -0.4 is 10.1 Å². The lowest BCUT2D eigenvalue weighted by Gasteiger charge is -2.43. The Bertz CT molecular complexity index is 1900. The minimum atomic E-state index is -2.36. The topological polar surface area (TPSA) is 309 Å². The number of aliphatic hydroxyl groups excluding tert-OH is 6. The number of phenolic OH excluding ortho intramolecular Hbond substituents is 2. The van der Waals surface area contributed by atoms with E-state index in [0.29, 0.717) is 19.3 Å². The molecule has 0 saturated carbocycles. The second-order valence-electron chi connectivity index (χ2n) is 15.0. The lowest BCUT2D eigenvalue weighted by Crippen LogP contribution is -2.59. The van der Waals surface area contributed by atoms with Crippen LogP contribution in [0.5, 0.6) is 17.2 Å². The minimum Gasteiger partial charge on any atom is -0.507 e. The number of benzene rings is 2. The third-order valence-electron chi connectivity index (χ3n) is 11.3. The Morgan fingerprint density at radius 2 is 1.64 bits per heavy atom. The lowest BCUT2D eigenvalue weighted by molar-refractivity contribution is -0.301. The highest BCUT2D eigenvalue weighted by atomic mass is 16.7. The Balaban J connectivity index is 1.14. The summed E-state index contributed by atoms with van der Waals surface area (Å²) >= 11 is 0. The van der Waals surface area contributed by atoms with Crippen LogP contribution in [-0.4, -0.2) is 157 Å². The monoisotopic (exact) mass is 819 g/mol. The van der Waals surface area contributed by atoms with Crippen molar-refractivity contribution in [3.05, 3.63) is 51.6 Å². The van der Waals surface area contributed by atoms with Crippen molar-refractivity contribution in [2.75, 3.05) is 26.9 Å². The smallest absolute Gasteiger partial charge is 0.220 e. The summed E-state index contributed by atoms with van der Waals surface area (Å²) in [6, 6.07) is 3.35. The van der Waals surface area contributed by atoms with Crippen LogP contribution in [-0.2, 0) is 35.0 Å². The van der Waals surface area contributed by atoms with Gasteiger partial charge in [0.2, 0.25) is 11.7 Å². The van der Waals surface area contributed by atoms with Crippen LogP contribution >= 0.6 is 0 Å². The van der Waals surface area contributed by atoms with Crippen LogP contribution in [0, 0.1) is 0 Å². The molecule has 0 radical (unpaired) electrons. The zero-order chi connectivity index (χ0) is 42.2. The van der Waals surface area contributed by atoms with Gasteiger partial charge in [-0.15, -0.1) is 0 Å². The highest BCUT2D eigenvalue weighted by molar-refractivity contribution is 6.31. The average Bonchev–Trinajstić information content (AvgIpc) is 3.20. The van der Waals surface area contributed by atoms with Gasteiger partial charge in [0.15, 0.2) is 24.1 Å². The van der Waals surface area contributed by atoms with Gasteiger partial charge in [-0.3, -0.25) is 19.2 Å². The molecule has 2 aromatic rings. The van der Waals surface area contributed by atoms with E-state index in [1.54, 1.807) is 0 Å². The number of methoxy groups -OCH3 is 1. The van der Waals surface area contributed by atoms with Crippen LogP contribution in [0.3, 0.4) is 0 Å². The molecule has 4 aliphatic rings. The van der Waals surface area contributed by atoms with E-state index >= 15 is 0 Å². The maximum Gasteiger partial charge on any atom is 0.220 e. The fourth-order valence-electron chi connectivity index (χ4n) is 8.11. The van der Waals surface area contributed by atoms with Crippen LogP contribution in [0.4, 0.5) is 0 Å². The molecule has 2 saturated heterocycles. The SMILES string of the molecule is COc1cccc2c1C(=O)c1c(O)c3c(c(O)c1C2=O)C[C@@](O)(C(=O)CO)C[C@@H]3O[C@H]1C[C@H](NC(=O)CCCCCO[C@@H]2O[C@H](CO)[C@H](O)[C@H](O)[C@H]2O)[C@H](O)[C@H](C)O1. The number of nitrogens with one attached hydrogen (secondary N) is 1. The van der Waals surface area contributed by atoms with Crippen LogP contribution in [0.2, 0.25) is 0 Å². The zero-order valence-corrected chi connectivity index (χ0v) is 31.8. The molecule has 19 nitrogen and oxygen atoms in total. The van der Waals surface area contributed by atoms with Crippen molar-refractivity contribution in [3.8, 4) is 17.2 Å². The van der Waals surface area contributed by atoms with Gasteiger partial charge in [-0.25, -0.2) is 0 Å². The number of carbonyl (C=O) groups is 4. The van der Waals surface area contributed by atoms with Crippen LogP contribution in [0.25, 0.3) is 0 Å². The number of amides is 1. The number of ketones is 3. The first-order chi connectivity index (χ1) is 27.6. The maximum atomic E-state index is 13.9. The van der Waals surface area contributed by atoms with E-state index in [2.05, 4.69) is 5.32 Å². The Kier molecular flexibility index (Phi) is 13.2. The second-order valence-corrected chi connectivity index (χ2v) is 15.0. The highest BCUT2D eigenvalue weighted by Gasteiger charge is 2.50. The molecule has 1 amide bonds. The molecule has 0 unspecified atom stereocenters. The first-order valence-corrected chi connectivity index (χ1v) is 19.0. The van der Waals surface area contributed by atoms with Gasteiger partial charge in [0, 0.05) is 49.0 Å². The quantitative estimate of drug-likeness (QED) is 0.0656. The number of unbranched alkanes of at least 4 members (excludes halogenated alkanes) is 2. The predicted octanol–water partition coefficient (Wildman–Crippen LogP) is -1.46. The van der Waals surface area contributed by atoms with Gasteiger partial charge < -0.3 is 75.0 Å². The predicted molar refractivity (Wildman–Crippen MR) is 194 cm³/mol. The van der Waals surface area contributed by atoms with Gasteiger partial charge in [-0.05, 0) is 25.8 Å². The van der Waals surface area contributed by atoms with Crippen molar-refractivity contribution in [2.45, 2.75) is 119 Å². The largest absolute Gasteiger partial charge is 0.507 e. The number of ether oxygens (including phenoxy) is 5. The molecule has 58 heavy (non-hydrogen) atoms. The van der Waals surface area contributed by atoms with E-state index in [1.807, 2.05) is 0 Å². The first kappa shape index (κ1) is 43.5.